The lowest BCUT2D eigenvalue weighted by Crippen LogP contribution is -2.07. The van der Waals surface area contributed by atoms with Crippen molar-refractivity contribution in [1.29, 1.82) is 0 Å². The molecule has 0 atom stereocenters. The van der Waals surface area contributed by atoms with E-state index in [1.807, 2.05) is 6.07 Å². The van der Waals surface area contributed by atoms with Crippen LogP contribution in [0.15, 0.2) is 55.0 Å². The lowest BCUT2D eigenvalue weighted by molar-refractivity contribution is -0.137. The third kappa shape index (κ3) is 3.43. The van der Waals surface area contributed by atoms with Crippen LogP contribution >= 0.6 is 0 Å². The lowest BCUT2D eigenvalue weighted by atomic mass is 10.2. The van der Waals surface area contributed by atoms with Crippen LogP contribution in [0.3, 0.4) is 0 Å². The minimum Gasteiger partial charge on any atom is -0.497 e. The van der Waals surface area contributed by atoms with Gasteiger partial charge in [-0.15, -0.1) is 0 Å². The summed E-state index contributed by atoms with van der Waals surface area (Å²) in [5.74, 6) is 0.212. The predicted molar refractivity (Wildman–Crippen MR) is 95.3 cm³/mol. The van der Waals surface area contributed by atoms with Crippen molar-refractivity contribution >= 4 is 17.2 Å². The second kappa shape index (κ2) is 6.80. The van der Waals surface area contributed by atoms with Crippen LogP contribution in [0.5, 0.6) is 5.75 Å². The van der Waals surface area contributed by atoms with E-state index in [4.69, 9.17) is 4.74 Å². The zero-order valence-electron chi connectivity index (χ0n) is 14.5. The van der Waals surface area contributed by atoms with Crippen LogP contribution in [-0.4, -0.2) is 31.9 Å². The highest BCUT2D eigenvalue weighted by molar-refractivity contribution is 5.77. The maximum Gasteiger partial charge on any atom is 0.416 e. The molecule has 142 valence electrons. The van der Waals surface area contributed by atoms with Gasteiger partial charge in [0.2, 0.25) is 5.95 Å². The summed E-state index contributed by atoms with van der Waals surface area (Å²) in [4.78, 5) is 8.47. The third-order valence-corrected chi connectivity index (χ3v) is 3.96. The molecule has 4 aromatic rings. The smallest absolute Gasteiger partial charge is 0.416 e. The number of aromatic nitrogens is 5. The van der Waals surface area contributed by atoms with Gasteiger partial charge in [-0.05, 0) is 30.3 Å². The summed E-state index contributed by atoms with van der Waals surface area (Å²) in [7, 11) is 1.30. The largest absolute Gasteiger partial charge is 0.497 e. The minimum atomic E-state index is -4.50. The number of nitrogens with one attached hydrogen (secondary N) is 1. The van der Waals surface area contributed by atoms with Crippen LogP contribution in [0.4, 0.5) is 24.8 Å². The van der Waals surface area contributed by atoms with Gasteiger partial charge in [-0.3, -0.25) is 0 Å². The summed E-state index contributed by atoms with van der Waals surface area (Å²) in [6, 6.07) is 8.62. The van der Waals surface area contributed by atoms with E-state index >= 15 is 0 Å². The van der Waals surface area contributed by atoms with E-state index in [1.165, 1.54) is 24.0 Å². The fourth-order valence-electron chi connectivity index (χ4n) is 2.68. The SMILES string of the molecule is COc1cc(Nc2nccc(-c3cnn4ncccc34)n2)cc(C(F)(F)F)c1. The Kier molecular flexibility index (Phi) is 4.30. The van der Waals surface area contributed by atoms with Gasteiger partial charge < -0.3 is 10.1 Å². The lowest BCUT2D eigenvalue weighted by Gasteiger charge is -2.12. The van der Waals surface area contributed by atoms with Gasteiger partial charge >= 0.3 is 6.18 Å². The second-order valence-corrected chi connectivity index (χ2v) is 5.80. The van der Waals surface area contributed by atoms with Crippen molar-refractivity contribution in [1.82, 2.24) is 24.8 Å². The van der Waals surface area contributed by atoms with Crippen molar-refractivity contribution in [3.8, 4) is 17.0 Å². The molecular weight excluding hydrogens is 373 g/mol. The maximum absolute atomic E-state index is 13.1. The number of halogens is 3. The molecule has 0 saturated heterocycles. The molecule has 1 aromatic carbocycles. The molecule has 0 aliphatic heterocycles. The van der Waals surface area contributed by atoms with E-state index in [1.54, 1.807) is 24.5 Å². The predicted octanol–water partition coefficient (Wildman–Crippen LogP) is 3.96. The van der Waals surface area contributed by atoms with E-state index in [2.05, 4.69) is 25.5 Å². The summed E-state index contributed by atoms with van der Waals surface area (Å²) in [6.07, 6.45) is 0.229. The third-order valence-electron chi connectivity index (χ3n) is 3.96. The standard InChI is InChI=1S/C18H13F3N6O/c1-28-13-8-11(18(19,20)21)7-12(9-13)25-17-22-6-4-15(26-17)14-10-24-27-16(14)3-2-5-23-27/h2-10H,1H3,(H,22,25,26). The molecule has 0 saturated carbocycles. The molecule has 1 N–H and O–H groups in total. The molecule has 28 heavy (non-hydrogen) atoms. The second-order valence-electron chi connectivity index (χ2n) is 5.80. The van der Waals surface area contributed by atoms with E-state index in [0.717, 1.165) is 23.2 Å². The van der Waals surface area contributed by atoms with Crippen LogP contribution in [0.1, 0.15) is 5.56 Å². The van der Waals surface area contributed by atoms with Gasteiger partial charge in [-0.2, -0.15) is 28.0 Å². The molecule has 0 aliphatic rings. The summed E-state index contributed by atoms with van der Waals surface area (Å²) in [5, 5.41) is 11.0. The molecule has 4 rings (SSSR count). The van der Waals surface area contributed by atoms with Crippen molar-refractivity contribution in [3.63, 3.8) is 0 Å². The van der Waals surface area contributed by atoms with E-state index in [9.17, 15) is 13.2 Å². The molecule has 3 heterocycles. The van der Waals surface area contributed by atoms with Gasteiger partial charge in [-0.1, -0.05) is 0 Å². The quantitative estimate of drug-likeness (QED) is 0.572. The Morgan fingerprint density at radius 2 is 1.93 bits per heavy atom. The zero-order valence-corrected chi connectivity index (χ0v) is 14.5. The Hall–Kier alpha value is -3.69. The highest BCUT2D eigenvalue weighted by Gasteiger charge is 2.31. The first-order valence-corrected chi connectivity index (χ1v) is 8.10. The van der Waals surface area contributed by atoms with Crippen molar-refractivity contribution in [2.45, 2.75) is 6.18 Å². The van der Waals surface area contributed by atoms with E-state index in [-0.39, 0.29) is 17.4 Å². The molecule has 0 bridgehead atoms. The zero-order chi connectivity index (χ0) is 19.7. The first-order valence-electron chi connectivity index (χ1n) is 8.10. The number of fused-ring (bicyclic) bond motifs is 1. The first-order chi connectivity index (χ1) is 13.4. The molecule has 0 spiro atoms. The average molecular weight is 386 g/mol. The highest BCUT2D eigenvalue weighted by Crippen LogP contribution is 2.34. The molecule has 0 amide bonds. The van der Waals surface area contributed by atoms with Gasteiger partial charge in [0, 0.05) is 29.7 Å². The molecule has 0 radical (unpaired) electrons. The summed E-state index contributed by atoms with van der Waals surface area (Å²) in [6.45, 7) is 0. The number of benzene rings is 1. The van der Waals surface area contributed by atoms with Crippen molar-refractivity contribution < 1.29 is 17.9 Å². The fourth-order valence-corrected chi connectivity index (χ4v) is 2.68. The fraction of sp³-hybridized carbons (Fsp3) is 0.111. The Balaban J connectivity index is 1.69. The van der Waals surface area contributed by atoms with Gasteiger partial charge in [-0.25, -0.2) is 9.97 Å². The molecule has 10 heteroatoms. The number of methoxy groups -OCH3 is 1. The van der Waals surface area contributed by atoms with Gasteiger partial charge in [0.1, 0.15) is 5.75 Å². The van der Waals surface area contributed by atoms with Crippen LogP contribution in [0, 0.1) is 0 Å². The number of anilines is 2. The Labute approximate surface area is 156 Å². The van der Waals surface area contributed by atoms with E-state index < -0.39 is 11.7 Å². The monoisotopic (exact) mass is 386 g/mol. The molecule has 3 aromatic heterocycles. The maximum atomic E-state index is 13.1. The molecule has 0 fully saturated rings. The molecular formula is C18H13F3N6O. The van der Waals surface area contributed by atoms with Crippen LogP contribution in [-0.2, 0) is 6.18 Å². The number of alkyl halides is 3. The normalized spacial score (nSPS) is 11.6. The number of rotatable bonds is 4. The number of hydrogen-bond donors (Lipinski definition) is 1. The topological polar surface area (TPSA) is 77.2 Å². The highest BCUT2D eigenvalue weighted by atomic mass is 19.4. The van der Waals surface area contributed by atoms with Crippen molar-refractivity contribution in [2.75, 3.05) is 12.4 Å². The van der Waals surface area contributed by atoms with Gasteiger partial charge in [0.05, 0.1) is 30.1 Å². The summed E-state index contributed by atoms with van der Waals surface area (Å²) < 4.78 is 45.7. The summed E-state index contributed by atoms with van der Waals surface area (Å²) >= 11 is 0. The first kappa shape index (κ1) is 17.7. The Morgan fingerprint density at radius 1 is 1.07 bits per heavy atom. The van der Waals surface area contributed by atoms with Crippen LogP contribution in [0.25, 0.3) is 16.8 Å². The number of nitrogens with zero attached hydrogens (tertiary/aromatic N) is 5. The molecule has 7 nitrogen and oxygen atoms in total. The van der Waals surface area contributed by atoms with Crippen molar-refractivity contribution in [2.24, 2.45) is 0 Å². The van der Waals surface area contributed by atoms with E-state index in [0.29, 0.717) is 5.69 Å². The number of hydrogen-bond acceptors (Lipinski definition) is 6. The van der Waals surface area contributed by atoms with Crippen molar-refractivity contribution in [3.05, 3.63) is 60.6 Å². The Morgan fingerprint density at radius 3 is 2.71 bits per heavy atom. The number of ether oxygens (including phenoxy) is 1. The van der Waals surface area contributed by atoms with Crippen LogP contribution in [0.2, 0.25) is 0 Å². The summed E-state index contributed by atoms with van der Waals surface area (Å²) in [5.41, 5.74) is 1.34. The van der Waals surface area contributed by atoms with Crippen LogP contribution < -0.4 is 10.1 Å². The van der Waals surface area contributed by atoms with Gasteiger partial charge in [0.15, 0.2) is 0 Å². The molecule has 0 unspecified atom stereocenters. The van der Waals surface area contributed by atoms with Gasteiger partial charge in [0.25, 0.3) is 0 Å². The average Bonchev–Trinajstić information content (AvgIpc) is 3.11. The minimum absolute atomic E-state index is 0.0715. The molecule has 0 aliphatic carbocycles. The Bertz CT molecular complexity index is 1140.